The molecular formula is C11H13BrO. The molecule has 2 heteroatoms. The quantitative estimate of drug-likeness (QED) is 0.793. The van der Waals surface area contributed by atoms with Gasteiger partial charge in [-0.15, -0.1) is 0 Å². The van der Waals surface area contributed by atoms with Gasteiger partial charge in [0.05, 0.1) is 0 Å². The Morgan fingerprint density at radius 3 is 2.69 bits per heavy atom. The fourth-order valence-corrected chi connectivity index (χ4v) is 1.86. The molecule has 0 atom stereocenters. The Kier molecular flexibility index (Phi) is 3.67. The maximum Gasteiger partial charge on any atom is 0.130 e. The second-order valence-electron chi connectivity index (χ2n) is 3.30. The number of ketones is 1. The molecule has 0 amide bonds. The van der Waals surface area contributed by atoms with E-state index in [9.17, 15) is 4.79 Å². The number of carbonyl (C=O) groups excluding carboxylic acids is 1. The van der Waals surface area contributed by atoms with E-state index in [1.54, 1.807) is 6.92 Å². The lowest BCUT2D eigenvalue weighted by molar-refractivity contribution is -0.116. The highest BCUT2D eigenvalue weighted by Crippen LogP contribution is 2.19. The van der Waals surface area contributed by atoms with Crippen LogP contribution in [0.2, 0.25) is 0 Å². The Labute approximate surface area is 87.3 Å². The minimum absolute atomic E-state index is 0.243. The van der Waals surface area contributed by atoms with Crippen molar-refractivity contribution in [2.24, 2.45) is 0 Å². The van der Waals surface area contributed by atoms with Crippen molar-refractivity contribution >= 4 is 21.7 Å². The average Bonchev–Trinajstić information content (AvgIpc) is 2.02. The summed E-state index contributed by atoms with van der Waals surface area (Å²) < 4.78 is 1.11. The molecule has 0 fully saturated rings. The highest BCUT2D eigenvalue weighted by molar-refractivity contribution is 9.10. The van der Waals surface area contributed by atoms with Crippen molar-refractivity contribution in [3.63, 3.8) is 0 Å². The van der Waals surface area contributed by atoms with Crippen molar-refractivity contribution in [3.05, 3.63) is 33.8 Å². The van der Waals surface area contributed by atoms with Crippen LogP contribution < -0.4 is 0 Å². The zero-order chi connectivity index (χ0) is 9.84. The molecule has 0 saturated carbocycles. The number of halogens is 1. The summed E-state index contributed by atoms with van der Waals surface area (Å²) in [6.07, 6.45) is 1.46. The van der Waals surface area contributed by atoms with Crippen molar-refractivity contribution in [1.29, 1.82) is 0 Å². The molecular weight excluding hydrogens is 228 g/mol. The van der Waals surface area contributed by atoms with E-state index in [1.165, 1.54) is 11.1 Å². The Morgan fingerprint density at radius 2 is 2.15 bits per heavy atom. The van der Waals surface area contributed by atoms with Crippen LogP contribution in [0.1, 0.15) is 24.5 Å². The SMILES string of the molecule is CC(=O)CCc1ccc(C)cc1Br. The first-order chi connectivity index (χ1) is 6.09. The first kappa shape index (κ1) is 10.5. The summed E-state index contributed by atoms with van der Waals surface area (Å²) in [6, 6.07) is 6.22. The second-order valence-corrected chi connectivity index (χ2v) is 4.15. The summed E-state index contributed by atoms with van der Waals surface area (Å²) in [4.78, 5) is 10.8. The molecule has 1 nitrogen and oxygen atoms in total. The van der Waals surface area contributed by atoms with Gasteiger partial charge < -0.3 is 4.79 Å². The van der Waals surface area contributed by atoms with Crippen molar-refractivity contribution in [3.8, 4) is 0 Å². The topological polar surface area (TPSA) is 17.1 Å². The number of hydrogen-bond acceptors (Lipinski definition) is 1. The van der Waals surface area contributed by atoms with Crippen molar-refractivity contribution < 1.29 is 4.79 Å². The Morgan fingerprint density at radius 1 is 1.46 bits per heavy atom. The molecule has 0 radical (unpaired) electrons. The molecule has 0 bridgehead atoms. The third-order valence-electron chi connectivity index (χ3n) is 1.95. The van der Waals surface area contributed by atoms with Gasteiger partial charge in [0.1, 0.15) is 5.78 Å². The van der Waals surface area contributed by atoms with Crippen LogP contribution in [0.15, 0.2) is 22.7 Å². The van der Waals surface area contributed by atoms with Gasteiger partial charge in [-0.25, -0.2) is 0 Å². The number of carbonyl (C=O) groups is 1. The van der Waals surface area contributed by atoms with Crippen LogP contribution in [0.4, 0.5) is 0 Å². The van der Waals surface area contributed by atoms with Gasteiger partial charge in [-0.1, -0.05) is 28.1 Å². The summed E-state index contributed by atoms with van der Waals surface area (Å²) in [6.45, 7) is 3.68. The van der Waals surface area contributed by atoms with E-state index >= 15 is 0 Å². The molecule has 13 heavy (non-hydrogen) atoms. The van der Waals surface area contributed by atoms with Gasteiger partial charge in [-0.05, 0) is 37.5 Å². The summed E-state index contributed by atoms with van der Waals surface area (Å²) >= 11 is 3.49. The fraction of sp³-hybridized carbons (Fsp3) is 0.364. The van der Waals surface area contributed by atoms with Gasteiger partial charge in [-0.3, -0.25) is 0 Å². The molecule has 70 valence electrons. The van der Waals surface area contributed by atoms with E-state index < -0.39 is 0 Å². The zero-order valence-corrected chi connectivity index (χ0v) is 9.52. The number of aryl methyl sites for hydroxylation is 2. The monoisotopic (exact) mass is 240 g/mol. The molecule has 0 saturated heterocycles. The summed E-state index contributed by atoms with van der Waals surface area (Å²) in [5.74, 6) is 0.243. The van der Waals surface area contributed by atoms with Crippen LogP contribution >= 0.6 is 15.9 Å². The van der Waals surface area contributed by atoms with E-state index in [-0.39, 0.29) is 5.78 Å². The van der Waals surface area contributed by atoms with Crippen molar-refractivity contribution in [2.75, 3.05) is 0 Å². The molecule has 1 rings (SSSR count). The minimum atomic E-state index is 0.243. The van der Waals surface area contributed by atoms with Gasteiger partial charge in [0, 0.05) is 10.9 Å². The largest absolute Gasteiger partial charge is 0.300 e. The highest BCUT2D eigenvalue weighted by Gasteiger charge is 2.01. The fourth-order valence-electron chi connectivity index (χ4n) is 1.17. The van der Waals surface area contributed by atoms with Crippen LogP contribution in [0.25, 0.3) is 0 Å². The van der Waals surface area contributed by atoms with E-state index in [0.29, 0.717) is 6.42 Å². The predicted molar refractivity (Wildman–Crippen MR) is 57.9 cm³/mol. The third-order valence-corrected chi connectivity index (χ3v) is 2.69. The van der Waals surface area contributed by atoms with Gasteiger partial charge in [0.25, 0.3) is 0 Å². The summed E-state index contributed by atoms with van der Waals surface area (Å²) in [5.41, 5.74) is 2.44. The number of Topliss-reactive ketones (excluding diaryl/α,β-unsaturated/α-hetero) is 1. The summed E-state index contributed by atoms with van der Waals surface area (Å²) in [5, 5.41) is 0. The van der Waals surface area contributed by atoms with Crippen LogP contribution in [0.3, 0.4) is 0 Å². The minimum Gasteiger partial charge on any atom is -0.300 e. The van der Waals surface area contributed by atoms with Crippen LogP contribution in [0, 0.1) is 6.92 Å². The molecule has 1 aromatic carbocycles. The lowest BCUT2D eigenvalue weighted by Crippen LogP contribution is -1.94. The number of benzene rings is 1. The summed E-state index contributed by atoms with van der Waals surface area (Å²) in [7, 11) is 0. The predicted octanol–water partition coefficient (Wildman–Crippen LogP) is 3.28. The van der Waals surface area contributed by atoms with Crippen LogP contribution in [-0.4, -0.2) is 5.78 Å². The van der Waals surface area contributed by atoms with E-state index in [0.717, 1.165) is 10.9 Å². The van der Waals surface area contributed by atoms with Gasteiger partial charge in [0.2, 0.25) is 0 Å². The second kappa shape index (κ2) is 4.56. The molecule has 0 N–H and O–H groups in total. The maximum atomic E-state index is 10.8. The molecule has 0 aliphatic carbocycles. The standard InChI is InChI=1S/C11H13BrO/c1-8-3-5-10(11(12)7-8)6-4-9(2)13/h3,5,7H,4,6H2,1-2H3. The highest BCUT2D eigenvalue weighted by atomic mass is 79.9. The van der Waals surface area contributed by atoms with Gasteiger partial charge >= 0.3 is 0 Å². The average molecular weight is 241 g/mol. The Bertz CT molecular complexity index is 318. The maximum absolute atomic E-state index is 10.8. The zero-order valence-electron chi connectivity index (χ0n) is 7.93. The smallest absolute Gasteiger partial charge is 0.130 e. The van der Waals surface area contributed by atoms with E-state index in [4.69, 9.17) is 0 Å². The molecule has 0 unspecified atom stereocenters. The van der Waals surface area contributed by atoms with Crippen molar-refractivity contribution in [2.45, 2.75) is 26.7 Å². The van der Waals surface area contributed by atoms with Crippen LogP contribution in [0.5, 0.6) is 0 Å². The van der Waals surface area contributed by atoms with E-state index in [1.807, 2.05) is 0 Å². The normalized spacial score (nSPS) is 10.1. The third kappa shape index (κ3) is 3.31. The first-order valence-corrected chi connectivity index (χ1v) is 5.13. The Balaban J connectivity index is 2.72. The molecule has 0 aliphatic heterocycles. The molecule has 0 heterocycles. The lowest BCUT2D eigenvalue weighted by atomic mass is 10.1. The molecule has 0 aromatic heterocycles. The van der Waals surface area contributed by atoms with E-state index in [2.05, 4.69) is 41.1 Å². The number of hydrogen-bond donors (Lipinski definition) is 0. The van der Waals surface area contributed by atoms with Crippen molar-refractivity contribution in [1.82, 2.24) is 0 Å². The van der Waals surface area contributed by atoms with Gasteiger partial charge in [-0.2, -0.15) is 0 Å². The molecule has 1 aromatic rings. The van der Waals surface area contributed by atoms with Gasteiger partial charge in [0.15, 0.2) is 0 Å². The lowest BCUT2D eigenvalue weighted by Gasteiger charge is -2.03. The molecule has 0 spiro atoms. The number of rotatable bonds is 3. The Hall–Kier alpha value is -0.630. The molecule has 0 aliphatic rings. The first-order valence-electron chi connectivity index (χ1n) is 4.34. The van der Waals surface area contributed by atoms with Crippen LogP contribution in [-0.2, 0) is 11.2 Å².